The van der Waals surface area contributed by atoms with Crippen molar-refractivity contribution in [3.8, 4) is 0 Å². The third-order valence-corrected chi connectivity index (χ3v) is 6.54. The minimum atomic E-state index is -0.0598. The van der Waals surface area contributed by atoms with Crippen molar-refractivity contribution in [2.45, 2.75) is 18.9 Å². The first-order chi connectivity index (χ1) is 13.6. The quantitative estimate of drug-likeness (QED) is 0.812. The fourth-order valence-corrected chi connectivity index (χ4v) is 4.70. The highest BCUT2D eigenvalue weighted by Gasteiger charge is 2.25. The maximum absolute atomic E-state index is 12.8. The van der Waals surface area contributed by atoms with Crippen molar-refractivity contribution in [1.29, 1.82) is 0 Å². The second-order valence-electron chi connectivity index (χ2n) is 7.50. The van der Waals surface area contributed by atoms with Gasteiger partial charge in [0.05, 0.1) is 6.04 Å². The van der Waals surface area contributed by atoms with E-state index in [0.29, 0.717) is 24.9 Å². The molecule has 1 fully saturated rings. The molecule has 1 aromatic carbocycles. The highest BCUT2D eigenvalue weighted by molar-refractivity contribution is 7.10. The van der Waals surface area contributed by atoms with Gasteiger partial charge in [0.15, 0.2) is 0 Å². The number of carbonyl (C=O) groups is 2. The number of hydrogen-bond acceptors (Lipinski definition) is 5. The van der Waals surface area contributed by atoms with Crippen LogP contribution in [0, 0.1) is 0 Å². The van der Waals surface area contributed by atoms with Crippen molar-refractivity contribution in [3.63, 3.8) is 0 Å². The zero-order valence-electron chi connectivity index (χ0n) is 16.1. The van der Waals surface area contributed by atoms with E-state index in [9.17, 15) is 9.59 Å². The van der Waals surface area contributed by atoms with Crippen LogP contribution in [0.2, 0.25) is 0 Å². The summed E-state index contributed by atoms with van der Waals surface area (Å²) < 4.78 is 0. The van der Waals surface area contributed by atoms with Crippen LogP contribution in [-0.4, -0.2) is 61.4 Å². The van der Waals surface area contributed by atoms with Gasteiger partial charge in [-0.3, -0.25) is 14.5 Å². The lowest BCUT2D eigenvalue weighted by molar-refractivity contribution is -0.116. The van der Waals surface area contributed by atoms with Crippen LogP contribution in [0.1, 0.15) is 33.3 Å². The van der Waals surface area contributed by atoms with E-state index in [2.05, 4.69) is 45.0 Å². The zero-order chi connectivity index (χ0) is 19.5. The Morgan fingerprint density at radius 1 is 1.21 bits per heavy atom. The molecule has 0 aliphatic carbocycles. The molecule has 4 rings (SSSR count). The number of fused-ring (bicyclic) bond motifs is 1. The normalized spacial score (nSPS) is 19.0. The van der Waals surface area contributed by atoms with Crippen molar-refractivity contribution in [2.75, 3.05) is 45.1 Å². The first-order valence-electron chi connectivity index (χ1n) is 9.77. The predicted molar refractivity (Wildman–Crippen MR) is 112 cm³/mol. The molecule has 0 spiro atoms. The first kappa shape index (κ1) is 19.1. The Hall–Kier alpha value is -2.22. The number of nitrogens with zero attached hydrogens (tertiary/aromatic N) is 2. The van der Waals surface area contributed by atoms with E-state index in [1.54, 1.807) is 17.4 Å². The summed E-state index contributed by atoms with van der Waals surface area (Å²) in [6, 6.07) is 9.95. The van der Waals surface area contributed by atoms with Crippen molar-refractivity contribution in [3.05, 3.63) is 51.7 Å². The van der Waals surface area contributed by atoms with Crippen LogP contribution in [0.4, 0.5) is 5.69 Å². The number of nitrogens with one attached hydrogen (secondary N) is 2. The van der Waals surface area contributed by atoms with E-state index < -0.39 is 0 Å². The van der Waals surface area contributed by atoms with E-state index in [1.165, 1.54) is 4.88 Å². The zero-order valence-corrected chi connectivity index (χ0v) is 16.9. The molecule has 2 amide bonds. The van der Waals surface area contributed by atoms with Crippen molar-refractivity contribution >= 4 is 28.8 Å². The van der Waals surface area contributed by atoms with Crippen LogP contribution in [0.5, 0.6) is 0 Å². The number of carbonyl (C=O) groups excluding carboxylic acids is 2. The third kappa shape index (κ3) is 4.27. The van der Waals surface area contributed by atoms with Gasteiger partial charge < -0.3 is 15.5 Å². The van der Waals surface area contributed by atoms with Gasteiger partial charge in [0.25, 0.3) is 5.91 Å². The Balaban J connectivity index is 1.43. The van der Waals surface area contributed by atoms with Gasteiger partial charge in [0.2, 0.25) is 5.91 Å². The standard InChI is InChI=1S/C21H26N4O2S/c1-24-8-10-25(11-9-24)18(19-3-2-12-28-19)14-22-21(27)16-4-6-17-15(13-16)5-7-20(26)23-17/h2-4,6,12-13,18H,5,7-11,14H2,1H3,(H,22,27)(H,23,26). The number of rotatable bonds is 5. The molecule has 1 atom stereocenters. The molecule has 28 heavy (non-hydrogen) atoms. The summed E-state index contributed by atoms with van der Waals surface area (Å²) in [5.74, 6) is -0.0222. The molecule has 0 bridgehead atoms. The van der Waals surface area contributed by atoms with E-state index in [4.69, 9.17) is 0 Å². The Kier molecular flexibility index (Phi) is 5.75. The molecule has 0 radical (unpaired) electrons. The lowest BCUT2D eigenvalue weighted by Crippen LogP contribution is -2.48. The molecule has 3 heterocycles. The average molecular weight is 399 g/mol. The molecular formula is C21H26N4O2S. The molecular weight excluding hydrogens is 372 g/mol. The number of amides is 2. The minimum Gasteiger partial charge on any atom is -0.350 e. The maximum atomic E-state index is 12.8. The summed E-state index contributed by atoms with van der Waals surface area (Å²) in [6.07, 6.45) is 1.16. The number of likely N-dealkylation sites (N-methyl/N-ethyl adjacent to an activating group) is 1. The molecule has 1 aromatic heterocycles. The Morgan fingerprint density at radius 2 is 2.04 bits per heavy atom. The maximum Gasteiger partial charge on any atom is 0.251 e. The van der Waals surface area contributed by atoms with E-state index in [-0.39, 0.29) is 17.9 Å². The SMILES string of the molecule is CN1CCN(C(CNC(=O)c2ccc3c(c2)CCC(=O)N3)c2cccs2)CC1. The Labute approximate surface area is 169 Å². The molecule has 0 saturated carbocycles. The second-order valence-corrected chi connectivity index (χ2v) is 8.48. The van der Waals surface area contributed by atoms with Gasteiger partial charge in [-0.25, -0.2) is 0 Å². The molecule has 2 N–H and O–H groups in total. The van der Waals surface area contributed by atoms with Crippen molar-refractivity contribution < 1.29 is 9.59 Å². The highest BCUT2D eigenvalue weighted by Crippen LogP contribution is 2.26. The van der Waals surface area contributed by atoms with Gasteiger partial charge in [0, 0.05) is 55.3 Å². The molecule has 7 heteroatoms. The molecule has 2 aromatic rings. The summed E-state index contributed by atoms with van der Waals surface area (Å²) in [4.78, 5) is 30.4. The minimum absolute atomic E-state index is 0.0377. The fourth-order valence-electron chi connectivity index (χ4n) is 3.84. The summed E-state index contributed by atoms with van der Waals surface area (Å²) in [6.45, 7) is 4.70. The van der Waals surface area contributed by atoms with Gasteiger partial charge in [-0.15, -0.1) is 11.3 Å². The van der Waals surface area contributed by atoms with Crippen LogP contribution >= 0.6 is 11.3 Å². The summed E-state index contributed by atoms with van der Waals surface area (Å²) in [5, 5.41) is 8.09. The molecule has 148 valence electrons. The van der Waals surface area contributed by atoms with Crippen molar-refractivity contribution in [2.24, 2.45) is 0 Å². The van der Waals surface area contributed by atoms with Crippen LogP contribution in [0.3, 0.4) is 0 Å². The monoisotopic (exact) mass is 398 g/mol. The number of piperazine rings is 1. The summed E-state index contributed by atoms with van der Waals surface area (Å²) in [5.41, 5.74) is 2.50. The van der Waals surface area contributed by atoms with Gasteiger partial charge in [0.1, 0.15) is 0 Å². The van der Waals surface area contributed by atoms with E-state index in [1.807, 2.05) is 12.1 Å². The molecule has 2 aliphatic rings. The predicted octanol–water partition coefficient (Wildman–Crippen LogP) is 2.35. The fraction of sp³-hybridized carbons (Fsp3) is 0.429. The largest absolute Gasteiger partial charge is 0.350 e. The molecule has 1 unspecified atom stereocenters. The van der Waals surface area contributed by atoms with Crippen LogP contribution < -0.4 is 10.6 Å². The summed E-state index contributed by atoms with van der Waals surface area (Å²) >= 11 is 1.74. The average Bonchev–Trinajstić information content (AvgIpc) is 3.23. The van der Waals surface area contributed by atoms with Crippen molar-refractivity contribution in [1.82, 2.24) is 15.1 Å². The Morgan fingerprint density at radius 3 is 2.79 bits per heavy atom. The molecule has 6 nitrogen and oxygen atoms in total. The van der Waals surface area contributed by atoms with Gasteiger partial charge in [-0.2, -0.15) is 0 Å². The lowest BCUT2D eigenvalue weighted by atomic mass is 10.00. The lowest BCUT2D eigenvalue weighted by Gasteiger charge is -2.37. The Bertz CT molecular complexity index is 844. The van der Waals surface area contributed by atoms with Crippen LogP contribution in [-0.2, 0) is 11.2 Å². The highest BCUT2D eigenvalue weighted by atomic mass is 32.1. The number of aryl methyl sites for hydroxylation is 1. The second kappa shape index (κ2) is 8.43. The van der Waals surface area contributed by atoms with Gasteiger partial charge >= 0.3 is 0 Å². The number of anilines is 1. The molecule has 2 aliphatic heterocycles. The van der Waals surface area contributed by atoms with Gasteiger partial charge in [-0.1, -0.05) is 6.07 Å². The smallest absolute Gasteiger partial charge is 0.251 e. The number of hydrogen-bond donors (Lipinski definition) is 2. The number of benzene rings is 1. The van der Waals surface area contributed by atoms with Gasteiger partial charge in [-0.05, 0) is 48.7 Å². The topological polar surface area (TPSA) is 64.7 Å². The van der Waals surface area contributed by atoms with Crippen LogP contribution in [0.25, 0.3) is 0 Å². The van der Waals surface area contributed by atoms with Crippen LogP contribution in [0.15, 0.2) is 35.7 Å². The first-order valence-corrected chi connectivity index (χ1v) is 10.6. The van der Waals surface area contributed by atoms with E-state index >= 15 is 0 Å². The van der Waals surface area contributed by atoms with E-state index in [0.717, 1.165) is 37.4 Å². The third-order valence-electron chi connectivity index (χ3n) is 5.57. The molecule has 1 saturated heterocycles. The summed E-state index contributed by atoms with van der Waals surface area (Å²) in [7, 11) is 2.15. The number of thiophene rings is 1.